The van der Waals surface area contributed by atoms with Crippen molar-refractivity contribution in [2.24, 2.45) is 0 Å². The standard InChI is InChI=1S/C10H13N.ClH/c1-11-10-7-6-8-4-2-3-5-9(8)10;/h2-5,10-11H,6-7H2,1H3;1H. The highest BCUT2D eigenvalue weighted by atomic mass is 35.5. The Kier molecular flexibility index (Phi) is 3.12. The van der Waals surface area contributed by atoms with Crippen molar-refractivity contribution in [1.82, 2.24) is 5.32 Å². The average Bonchev–Trinajstić information content (AvgIpc) is 2.47. The first-order chi connectivity index (χ1) is 5.42. The Balaban J connectivity index is 0.000000720. The van der Waals surface area contributed by atoms with Crippen molar-refractivity contribution in [2.45, 2.75) is 18.9 Å². The highest BCUT2D eigenvalue weighted by molar-refractivity contribution is 5.85. The lowest BCUT2D eigenvalue weighted by Gasteiger charge is -2.08. The van der Waals surface area contributed by atoms with Gasteiger partial charge < -0.3 is 5.32 Å². The maximum atomic E-state index is 3.32. The number of fused-ring (bicyclic) bond motifs is 1. The monoisotopic (exact) mass is 183 g/mol. The zero-order valence-electron chi connectivity index (χ0n) is 7.21. The van der Waals surface area contributed by atoms with Gasteiger partial charge in [-0.2, -0.15) is 0 Å². The molecule has 1 nitrogen and oxygen atoms in total. The van der Waals surface area contributed by atoms with Crippen molar-refractivity contribution in [3.63, 3.8) is 0 Å². The van der Waals surface area contributed by atoms with E-state index in [0.29, 0.717) is 6.04 Å². The van der Waals surface area contributed by atoms with Gasteiger partial charge in [0.2, 0.25) is 0 Å². The number of hydrogen-bond acceptors (Lipinski definition) is 1. The molecule has 0 aromatic heterocycles. The van der Waals surface area contributed by atoms with Crippen LogP contribution in [0, 0.1) is 0 Å². The van der Waals surface area contributed by atoms with Crippen LogP contribution >= 0.6 is 12.4 Å². The Morgan fingerprint density at radius 3 is 2.83 bits per heavy atom. The normalized spacial score (nSPS) is 19.9. The zero-order chi connectivity index (χ0) is 7.68. The molecule has 0 amide bonds. The molecule has 1 aliphatic rings. The summed E-state index contributed by atoms with van der Waals surface area (Å²) in [7, 11) is 2.03. The molecule has 1 aliphatic carbocycles. The molecule has 2 rings (SSSR count). The van der Waals surface area contributed by atoms with Gasteiger partial charge in [-0.05, 0) is 31.0 Å². The Morgan fingerprint density at radius 2 is 2.08 bits per heavy atom. The topological polar surface area (TPSA) is 12.0 Å². The molecule has 2 heteroatoms. The number of aryl methyl sites for hydroxylation is 1. The van der Waals surface area contributed by atoms with Crippen LogP contribution in [0.25, 0.3) is 0 Å². The maximum Gasteiger partial charge on any atom is 0.0323 e. The number of halogens is 1. The molecule has 12 heavy (non-hydrogen) atoms. The van der Waals surface area contributed by atoms with E-state index in [1.54, 1.807) is 0 Å². The van der Waals surface area contributed by atoms with E-state index in [9.17, 15) is 0 Å². The third-order valence-electron chi connectivity index (χ3n) is 2.48. The molecule has 0 bridgehead atoms. The summed E-state index contributed by atoms with van der Waals surface area (Å²) in [5.41, 5.74) is 3.02. The summed E-state index contributed by atoms with van der Waals surface area (Å²) < 4.78 is 0. The van der Waals surface area contributed by atoms with Crippen molar-refractivity contribution >= 4 is 12.4 Å². The Morgan fingerprint density at radius 1 is 1.33 bits per heavy atom. The minimum absolute atomic E-state index is 0. The quantitative estimate of drug-likeness (QED) is 0.705. The van der Waals surface area contributed by atoms with Gasteiger partial charge in [0.25, 0.3) is 0 Å². The number of benzene rings is 1. The van der Waals surface area contributed by atoms with Gasteiger partial charge in [0.15, 0.2) is 0 Å². The van der Waals surface area contributed by atoms with E-state index in [1.165, 1.54) is 24.0 Å². The Bertz CT molecular complexity index is 260. The van der Waals surface area contributed by atoms with Gasteiger partial charge >= 0.3 is 0 Å². The Labute approximate surface area is 79.6 Å². The second kappa shape index (κ2) is 3.92. The van der Waals surface area contributed by atoms with E-state index < -0.39 is 0 Å². The molecule has 0 saturated heterocycles. The predicted octanol–water partition coefficient (Wildman–Crippen LogP) is 2.32. The third kappa shape index (κ3) is 1.47. The van der Waals surface area contributed by atoms with Crippen LogP contribution in [-0.4, -0.2) is 7.05 Å². The molecular weight excluding hydrogens is 170 g/mol. The summed E-state index contributed by atoms with van der Waals surface area (Å²) in [4.78, 5) is 0. The fourth-order valence-electron chi connectivity index (χ4n) is 1.86. The summed E-state index contributed by atoms with van der Waals surface area (Å²) in [6.45, 7) is 0. The summed E-state index contributed by atoms with van der Waals surface area (Å²) in [6, 6.07) is 9.30. The molecule has 1 N–H and O–H groups in total. The van der Waals surface area contributed by atoms with Crippen LogP contribution in [0.5, 0.6) is 0 Å². The van der Waals surface area contributed by atoms with Gasteiger partial charge in [0.05, 0.1) is 0 Å². The van der Waals surface area contributed by atoms with Crippen LogP contribution < -0.4 is 5.32 Å². The minimum atomic E-state index is 0. The molecule has 0 spiro atoms. The largest absolute Gasteiger partial charge is 0.313 e. The van der Waals surface area contributed by atoms with Crippen molar-refractivity contribution < 1.29 is 0 Å². The fraction of sp³-hybridized carbons (Fsp3) is 0.400. The number of rotatable bonds is 1. The Hall–Kier alpha value is -0.530. The van der Waals surface area contributed by atoms with Crippen molar-refractivity contribution in [3.05, 3.63) is 35.4 Å². The molecule has 1 aromatic carbocycles. The molecular formula is C10H14ClN. The number of nitrogens with one attached hydrogen (secondary N) is 1. The first-order valence-corrected chi connectivity index (χ1v) is 4.17. The van der Waals surface area contributed by atoms with Crippen molar-refractivity contribution in [2.75, 3.05) is 7.05 Å². The van der Waals surface area contributed by atoms with E-state index in [-0.39, 0.29) is 12.4 Å². The van der Waals surface area contributed by atoms with Crippen molar-refractivity contribution in [1.29, 1.82) is 0 Å². The molecule has 0 heterocycles. The molecule has 66 valence electrons. The second-order valence-electron chi connectivity index (χ2n) is 3.08. The van der Waals surface area contributed by atoms with E-state index in [4.69, 9.17) is 0 Å². The van der Waals surface area contributed by atoms with Crippen LogP contribution in [0.2, 0.25) is 0 Å². The molecule has 0 saturated carbocycles. The maximum absolute atomic E-state index is 3.32. The van der Waals surface area contributed by atoms with Gasteiger partial charge in [0, 0.05) is 6.04 Å². The van der Waals surface area contributed by atoms with Gasteiger partial charge in [0.1, 0.15) is 0 Å². The van der Waals surface area contributed by atoms with Gasteiger partial charge in [-0.1, -0.05) is 24.3 Å². The highest BCUT2D eigenvalue weighted by Crippen LogP contribution is 2.29. The first kappa shape index (κ1) is 9.56. The van der Waals surface area contributed by atoms with E-state index >= 15 is 0 Å². The average molecular weight is 184 g/mol. The lowest BCUT2D eigenvalue weighted by atomic mass is 10.1. The molecule has 1 atom stereocenters. The highest BCUT2D eigenvalue weighted by Gasteiger charge is 2.19. The SMILES string of the molecule is CNC1CCc2ccccc21.Cl. The van der Waals surface area contributed by atoms with Gasteiger partial charge in [-0.3, -0.25) is 0 Å². The van der Waals surface area contributed by atoms with Crippen LogP contribution in [0.3, 0.4) is 0 Å². The molecule has 0 radical (unpaired) electrons. The summed E-state index contributed by atoms with van der Waals surface area (Å²) >= 11 is 0. The lowest BCUT2D eigenvalue weighted by molar-refractivity contribution is 0.590. The van der Waals surface area contributed by atoms with E-state index in [1.807, 2.05) is 7.05 Å². The fourth-order valence-corrected chi connectivity index (χ4v) is 1.86. The van der Waals surface area contributed by atoms with E-state index in [2.05, 4.69) is 29.6 Å². The number of hydrogen-bond donors (Lipinski definition) is 1. The summed E-state index contributed by atoms with van der Waals surface area (Å²) in [5, 5.41) is 3.32. The molecule has 1 aromatic rings. The first-order valence-electron chi connectivity index (χ1n) is 4.17. The third-order valence-corrected chi connectivity index (χ3v) is 2.48. The lowest BCUT2D eigenvalue weighted by Crippen LogP contribution is -2.12. The van der Waals surface area contributed by atoms with E-state index in [0.717, 1.165) is 0 Å². The summed E-state index contributed by atoms with van der Waals surface area (Å²) in [6.07, 6.45) is 2.50. The molecule has 0 fully saturated rings. The van der Waals surface area contributed by atoms with Gasteiger partial charge in [-0.15, -0.1) is 12.4 Å². The molecule has 1 unspecified atom stereocenters. The van der Waals surface area contributed by atoms with Gasteiger partial charge in [-0.25, -0.2) is 0 Å². The smallest absolute Gasteiger partial charge is 0.0323 e. The second-order valence-corrected chi connectivity index (χ2v) is 3.08. The summed E-state index contributed by atoms with van der Waals surface area (Å²) in [5.74, 6) is 0. The molecule has 0 aliphatic heterocycles. The van der Waals surface area contributed by atoms with Crippen molar-refractivity contribution in [3.8, 4) is 0 Å². The zero-order valence-corrected chi connectivity index (χ0v) is 8.03. The van der Waals surface area contributed by atoms with Crippen LogP contribution in [-0.2, 0) is 6.42 Å². The van der Waals surface area contributed by atoms with Crippen LogP contribution in [0.15, 0.2) is 24.3 Å². The van der Waals surface area contributed by atoms with Crippen LogP contribution in [0.4, 0.5) is 0 Å². The van der Waals surface area contributed by atoms with Crippen LogP contribution in [0.1, 0.15) is 23.6 Å². The minimum Gasteiger partial charge on any atom is -0.313 e. The predicted molar refractivity (Wildman–Crippen MR) is 53.8 cm³/mol.